The van der Waals surface area contributed by atoms with E-state index in [1.807, 2.05) is 13.8 Å². The molecule has 1 aliphatic rings. The normalized spacial score (nSPS) is 13.8. The van der Waals surface area contributed by atoms with Gasteiger partial charge in [-0.1, -0.05) is 5.57 Å². The summed E-state index contributed by atoms with van der Waals surface area (Å²) in [5.41, 5.74) is 3.38. The molecular formula is C19H19FN2O3S. The zero-order valence-corrected chi connectivity index (χ0v) is 15.7. The fraction of sp³-hybridized carbons (Fsp3) is 0.211. The molecule has 0 aliphatic carbocycles. The number of hydrogen-bond acceptors (Lipinski definition) is 3. The SMILES string of the molecule is CC(C)=C1C(=O)N(C)c2ccc(S(=O)(=O)Nc3ccc(F)cc3C)cc21. The van der Waals surface area contributed by atoms with E-state index in [0.717, 1.165) is 5.57 Å². The highest BCUT2D eigenvalue weighted by Crippen LogP contribution is 2.39. The smallest absolute Gasteiger partial charge is 0.261 e. The zero-order chi connectivity index (χ0) is 19.2. The maximum Gasteiger partial charge on any atom is 0.261 e. The van der Waals surface area contributed by atoms with Gasteiger partial charge >= 0.3 is 0 Å². The molecule has 0 fully saturated rings. The third-order valence-corrected chi connectivity index (χ3v) is 5.72. The highest BCUT2D eigenvalue weighted by atomic mass is 32.2. The van der Waals surface area contributed by atoms with Gasteiger partial charge in [0.1, 0.15) is 5.82 Å². The Morgan fingerprint density at radius 1 is 1.12 bits per heavy atom. The first-order valence-electron chi connectivity index (χ1n) is 8.01. The predicted octanol–water partition coefficient (Wildman–Crippen LogP) is 3.70. The van der Waals surface area contributed by atoms with Crippen molar-refractivity contribution in [3.8, 4) is 0 Å². The maximum atomic E-state index is 13.2. The topological polar surface area (TPSA) is 66.5 Å². The van der Waals surface area contributed by atoms with Gasteiger partial charge in [0.05, 0.1) is 16.3 Å². The van der Waals surface area contributed by atoms with Gasteiger partial charge in [-0.3, -0.25) is 9.52 Å². The minimum Gasteiger partial charge on any atom is -0.311 e. The fourth-order valence-corrected chi connectivity index (χ4v) is 4.15. The Balaban J connectivity index is 2.06. The van der Waals surface area contributed by atoms with E-state index in [1.54, 1.807) is 20.0 Å². The van der Waals surface area contributed by atoms with Crippen LogP contribution >= 0.6 is 0 Å². The van der Waals surface area contributed by atoms with Crippen LogP contribution in [0.5, 0.6) is 0 Å². The van der Waals surface area contributed by atoms with Crippen molar-refractivity contribution in [2.75, 3.05) is 16.7 Å². The second-order valence-electron chi connectivity index (χ2n) is 6.48. The van der Waals surface area contributed by atoms with Crippen LogP contribution in [0.2, 0.25) is 0 Å². The first-order chi connectivity index (χ1) is 12.1. The van der Waals surface area contributed by atoms with Crippen LogP contribution in [-0.2, 0) is 14.8 Å². The molecule has 26 heavy (non-hydrogen) atoms. The minimum atomic E-state index is -3.88. The monoisotopic (exact) mass is 374 g/mol. The number of hydrogen-bond donors (Lipinski definition) is 1. The van der Waals surface area contributed by atoms with Crippen molar-refractivity contribution in [3.63, 3.8) is 0 Å². The quantitative estimate of drug-likeness (QED) is 0.833. The van der Waals surface area contributed by atoms with E-state index in [1.165, 1.54) is 35.2 Å². The lowest BCUT2D eigenvalue weighted by atomic mass is 10.0. The van der Waals surface area contributed by atoms with Crippen molar-refractivity contribution >= 4 is 32.9 Å². The number of fused-ring (bicyclic) bond motifs is 1. The summed E-state index contributed by atoms with van der Waals surface area (Å²) in [6, 6.07) is 8.42. The van der Waals surface area contributed by atoms with Gasteiger partial charge in [0.2, 0.25) is 0 Å². The maximum absolute atomic E-state index is 13.2. The zero-order valence-electron chi connectivity index (χ0n) is 14.9. The summed E-state index contributed by atoms with van der Waals surface area (Å²) < 4.78 is 41.2. The summed E-state index contributed by atoms with van der Waals surface area (Å²) in [6.45, 7) is 5.26. The molecule has 7 heteroatoms. The van der Waals surface area contributed by atoms with Crippen molar-refractivity contribution in [1.29, 1.82) is 0 Å². The summed E-state index contributed by atoms with van der Waals surface area (Å²) in [6.07, 6.45) is 0. The highest BCUT2D eigenvalue weighted by molar-refractivity contribution is 7.92. The van der Waals surface area contributed by atoms with E-state index in [9.17, 15) is 17.6 Å². The number of allylic oxidation sites excluding steroid dienone is 1. The first kappa shape index (κ1) is 18.1. The molecule has 2 aromatic carbocycles. The third-order valence-electron chi connectivity index (χ3n) is 4.36. The Hall–Kier alpha value is -2.67. The van der Waals surface area contributed by atoms with Crippen LogP contribution in [0.25, 0.3) is 5.57 Å². The summed E-state index contributed by atoms with van der Waals surface area (Å²) in [4.78, 5) is 13.9. The number of rotatable bonds is 3. The fourth-order valence-electron chi connectivity index (χ4n) is 3.00. The average molecular weight is 374 g/mol. The van der Waals surface area contributed by atoms with Crippen molar-refractivity contribution in [1.82, 2.24) is 0 Å². The number of nitrogens with zero attached hydrogens (tertiary/aromatic N) is 1. The Morgan fingerprint density at radius 3 is 2.42 bits per heavy atom. The van der Waals surface area contributed by atoms with E-state index in [-0.39, 0.29) is 10.8 Å². The van der Waals surface area contributed by atoms with Gasteiger partial charge in [0, 0.05) is 18.2 Å². The Morgan fingerprint density at radius 2 is 1.81 bits per heavy atom. The largest absolute Gasteiger partial charge is 0.311 e. The molecule has 0 bridgehead atoms. The summed E-state index contributed by atoms with van der Waals surface area (Å²) >= 11 is 0. The van der Waals surface area contributed by atoms with Gasteiger partial charge in [0.15, 0.2) is 0 Å². The third kappa shape index (κ3) is 2.99. The molecular weight excluding hydrogens is 355 g/mol. The first-order valence-corrected chi connectivity index (χ1v) is 9.49. The highest BCUT2D eigenvalue weighted by Gasteiger charge is 2.32. The van der Waals surface area contributed by atoms with E-state index < -0.39 is 15.8 Å². The Kier molecular flexibility index (Phi) is 4.36. The number of halogens is 1. The molecule has 0 saturated carbocycles. The number of amides is 1. The molecule has 1 amide bonds. The number of carbonyl (C=O) groups excluding carboxylic acids is 1. The van der Waals surface area contributed by atoms with E-state index in [0.29, 0.717) is 28.1 Å². The van der Waals surface area contributed by atoms with Gasteiger partial charge < -0.3 is 4.90 Å². The van der Waals surface area contributed by atoms with Crippen LogP contribution < -0.4 is 9.62 Å². The molecule has 1 heterocycles. The van der Waals surface area contributed by atoms with Gasteiger partial charge in [-0.2, -0.15) is 0 Å². The van der Waals surface area contributed by atoms with Crippen molar-refractivity contribution in [2.45, 2.75) is 25.7 Å². The van der Waals surface area contributed by atoms with E-state index >= 15 is 0 Å². The Bertz CT molecular complexity index is 1050. The Labute approximate surface area is 152 Å². The molecule has 136 valence electrons. The predicted molar refractivity (Wildman–Crippen MR) is 100 cm³/mol. The average Bonchev–Trinajstić information content (AvgIpc) is 2.81. The van der Waals surface area contributed by atoms with E-state index in [2.05, 4.69) is 4.72 Å². The summed E-state index contributed by atoms with van der Waals surface area (Å²) in [5.74, 6) is -0.588. The summed E-state index contributed by atoms with van der Waals surface area (Å²) in [7, 11) is -2.22. The van der Waals surface area contributed by atoms with Crippen LogP contribution in [0, 0.1) is 12.7 Å². The number of nitrogens with one attached hydrogen (secondary N) is 1. The van der Waals surface area contributed by atoms with Crippen LogP contribution in [0.4, 0.5) is 15.8 Å². The molecule has 1 aliphatic heterocycles. The number of carbonyl (C=O) groups is 1. The van der Waals surface area contributed by atoms with Crippen LogP contribution in [0.3, 0.4) is 0 Å². The summed E-state index contributed by atoms with van der Waals surface area (Å²) in [5, 5.41) is 0. The number of likely N-dealkylation sites (N-methyl/N-ethyl adjacent to an activating group) is 1. The van der Waals surface area contributed by atoms with Gasteiger partial charge in [-0.15, -0.1) is 0 Å². The lowest BCUT2D eigenvalue weighted by Crippen LogP contribution is -2.20. The second-order valence-corrected chi connectivity index (χ2v) is 8.17. The van der Waals surface area contributed by atoms with Crippen LogP contribution in [-0.4, -0.2) is 21.4 Å². The number of anilines is 2. The minimum absolute atomic E-state index is 0.0434. The lowest BCUT2D eigenvalue weighted by molar-refractivity contribution is -0.112. The molecule has 0 unspecified atom stereocenters. The molecule has 0 radical (unpaired) electrons. The molecule has 1 N–H and O–H groups in total. The molecule has 0 saturated heterocycles. The molecule has 3 rings (SSSR count). The lowest BCUT2D eigenvalue weighted by Gasteiger charge is -2.13. The second kappa shape index (κ2) is 6.25. The van der Waals surface area contributed by atoms with Crippen molar-refractivity contribution < 1.29 is 17.6 Å². The van der Waals surface area contributed by atoms with Crippen LogP contribution in [0.15, 0.2) is 46.9 Å². The standard InChI is InChI=1S/C19H19FN2O3S/c1-11(2)18-15-10-14(6-8-17(15)22(4)19(18)23)26(24,25)21-16-7-5-13(20)9-12(16)3/h5-10,21H,1-4H3. The van der Waals surface area contributed by atoms with Gasteiger partial charge in [0.25, 0.3) is 15.9 Å². The molecule has 5 nitrogen and oxygen atoms in total. The van der Waals surface area contributed by atoms with Gasteiger partial charge in [-0.25, -0.2) is 12.8 Å². The molecule has 0 spiro atoms. The van der Waals surface area contributed by atoms with Crippen molar-refractivity contribution in [3.05, 3.63) is 58.9 Å². The number of aryl methyl sites for hydroxylation is 1. The van der Waals surface area contributed by atoms with Crippen LogP contribution in [0.1, 0.15) is 25.0 Å². The van der Waals surface area contributed by atoms with Crippen molar-refractivity contribution in [2.24, 2.45) is 0 Å². The number of benzene rings is 2. The molecule has 0 atom stereocenters. The molecule has 2 aromatic rings. The van der Waals surface area contributed by atoms with E-state index in [4.69, 9.17) is 0 Å². The van der Waals surface area contributed by atoms with Gasteiger partial charge in [-0.05, 0) is 62.7 Å². The number of sulfonamides is 1. The molecule has 0 aromatic heterocycles.